The largest absolute Gasteiger partial charge is 0.381 e. The molecule has 1 saturated heterocycles. The van der Waals surface area contributed by atoms with Gasteiger partial charge in [0.2, 0.25) is 5.91 Å². The van der Waals surface area contributed by atoms with Gasteiger partial charge in [-0.25, -0.2) is 0 Å². The number of carbonyl (C=O) groups is 1. The lowest BCUT2D eigenvalue weighted by Gasteiger charge is -2.23. The highest BCUT2D eigenvalue weighted by atomic mass is 16.5. The van der Waals surface area contributed by atoms with Crippen molar-refractivity contribution >= 4 is 5.91 Å². The Bertz CT molecular complexity index is 191. The van der Waals surface area contributed by atoms with Crippen LogP contribution in [0, 0.1) is 11.8 Å². The molecule has 0 radical (unpaired) electrons. The molecule has 0 aliphatic carbocycles. The lowest BCUT2D eigenvalue weighted by molar-refractivity contribution is -0.134. The molecule has 0 aromatic rings. The maximum atomic E-state index is 11.8. The first-order chi connectivity index (χ1) is 6.65. The van der Waals surface area contributed by atoms with Crippen molar-refractivity contribution < 1.29 is 9.53 Å². The Hall–Kier alpha value is -0.610. The summed E-state index contributed by atoms with van der Waals surface area (Å²) in [6.07, 6.45) is 0.861. The highest BCUT2D eigenvalue weighted by Gasteiger charge is 2.26. The van der Waals surface area contributed by atoms with E-state index in [9.17, 15) is 4.79 Å². The average Bonchev–Trinajstić information content (AvgIpc) is 2.69. The Labute approximate surface area is 85.4 Å². The number of nitrogens with zero attached hydrogens (tertiary/aromatic N) is 1. The maximum absolute atomic E-state index is 11.8. The van der Waals surface area contributed by atoms with Gasteiger partial charge >= 0.3 is 0 Å². The molecule has 2 atom stereocenters. The highest BCUT2D eigenvalue weighted by Crippen LogP contribution is 2.15. The van der Waals surface area contributed by atoms with Gasteiger partial charge in [-0.2, -0.15) is 0 Å². The summed E-state index contributed by atoms with van der Waals surface area (Å²) in [5, 5.41) is 0. The summed E-state index contributed by atoms with van der Waals surface area (Å²) >= 11 is 0. The molecule has 1 fully saturated rings. The lowest BCUT2D eigenvalue weighted by Crippen LogP contribution is -2.37. The third-order valence-electron chi connectivity index (χ3n) is 2.64. The molecule has 2 N–H and O–H groups in total. The Kier molecular flexibility index (Phi) is 4.35. The van der Waals surface area contributed by atoms with Crippen molar-refractivity contribution in [1.82, 2.24) is 4.90 Å². The van der Waals surface area contributed by atoms with E-state index in [-0.39, 0.29) is 11.8 Å². The van der Waals surface area contributed by atoms with Crippen molar-refractivity contribution in [3.05, 3.63) is 0 Å². The van der Waals surface area contributed by atoms with Crippen molar-refractivity contribution in [3.63, 3.8) is 0 Å². The second-order valence-corrected chi connectivity index (χ2v) is 4.12. The fourth-order valence-corrected chi connectivity index (χ4v) is 1.67. The Balaban J connectivity index is 2.35. The molecular weight excluding hydrogens is 180 g/mol. The second-order valence-electron chi connectivity index (χ2n) is 4.12. The zero-order valence-corrected chi connectivity index (χ0v) is 9.03. The Morgan fingerprint density at radius 3 is 2.93 bits per heavy atom. The Morgan fingerprint density at radius 1 is 1.71 bits per heavy atom. The van der Waals surface area contributed by atoms with Gasteiger partial charge in [-0.15, -0.1) is 0 Å². The molecule has 4 heteroatoms. The van der Waals surface area contributed by atoms with Crippen molar-refractivity contribution in [2.24, 2.45) is 17.6 Å². The third-order valence-corrected chi connectivity index (χ3v) is 2.64. The summed E-state index contributed by atoms with van der Waals surface area (Å²) in [7, 11) is 1.84. The SMILES string of the molecule is CC(CN)CN(C)C(=O)C1CCOC1. The minimum absolute atomic E-state index is 0.0741. The average molecular weight is 200 g/mol. The van der Waals surface area contributed by atoms with Gasteiger partial charge in [0.05, 0.1) is 12.5 Å². The maximum Gasteiger partial charge on any atom is 0.227 e. The number of ether oxygens (including phenoxy) is 1. The predicted octanol–water partition coefficient (Wildman–Crippen LogP) is 0.0761. The van der Waals surface area contributed by atoms with E-state index in [0.29, 0.717) is 19.1 Å². The molecule has 14 heavy (non-hydrogen) atoms. The molecule has 1 aliphatic heterocycles. The number of carbonyl (C=O) groups excluding carboxylic acids is 1. The summed E-state index contributed by atoms with van der Waals surface area (Å²) < 4.78 is 5.19. The minimum Gasteiger partial charge on any atom is -0.381 e. The van der Waals surface area contributed by atoms with Crippen LogP contribution in [-0.4, -0.2) is 44.2 Å². The van der Waals surface area contributed by atoms with E-state index in [1.807, 2.05) is 7.05 Å². The number of amides is 1. The smallest absolute Gasteiger partial charge is 0.227 e. The van der Waals surface area contributed by atoms with Crippen LogP contribution in [-0.2, 0) is 9.53 Å². The minimum atomic E-state index is 0.0741. The zero-order valence-electron chi connectivity index (χ0n) is 9.03. The van der Waals surface area contributed by atoms with E-state index in [0.717, 1.165) is 19.6 Å². The molecule has 0 saturated carbocycles. The molecule has 0 aromatic heterocycles. The molecule has 82 valence electrons. The molecule has 1 aliphatic rings. The van der Waals surface area contributed by atoms with E-state index in [2.05, 4.69) is 6.92 Å². The van der Waals surface area contributed by atoms with Gasteiger partial charge in [-0.05, 0) is 18.9 Å². The van der Waals surface area contributed by atoms with Gasteiger partial charge < -0.3 is 15.4 Å². The molecule has 1 amide bonds. The highest BCUT2D eigenvalue weighted by molar-refractivity contribution is 5.78. The van der Waals surface area contributed by atoms with Gasteiger partial charge in [-0.3, -0.25) is 4.79 Å². The number of rotatable bonds is 4. The molecule has 1 rings (SSSR count). The van der Waals surface area contributed by atoms with Gasteiger partial charge in [-0.1, -0.05) is 6.92 Å². The van der Waals surface area contributed by atoms with Gasteiger partial charge in [0.1, 0.15) is 0 Å². The van der Waals surface area contributed by atoms with Crippen LogP contribution in [0.1, 0.15) is 13.3 Å². The van der Waals surface area contributed by atoms with Crippen molar-refractivity contribution in [3.8, 4) is 0 Å². The summed E-state index contributed by atoms with van der Waals surface area (Å²) in [6, 6.07) is 0. The molecule has 0 aromatic carbocycles. The zero-order chi connectivity index (χ0) is 10.6. The first-order valence-corrected chi connectivity index (χ1v) is 5.18. The Morgan fingerprint density at radius 2 is 2.43 bits per heavy atom. The van der Waals surface area contributed by atoms with Crippen LogP contribution >= 0.6 is 0 Å². The number of hydrogen-bond donors (Lipinski definition) is 1. The van der Waals surface area contributed by atoms with Crippen LogP contribution in [0.4, 0.5) is 0 Å². The number of hydrogen-bond acceptors (Lipinski definition) is 3. The molecule has 1 heterocycles. The summed E-state index contributed by atoms with van der Waals surface area (Å²) in [5.74, 6) is 0.638. The standard InChI is InChI=1S/C10H20N2O2/c1-8(5-11)6-12(2)10(13)9-3-4-14-7-9/h8-9H,3-7,11H2,1-2H3. The van der Waals surface area contributed by atoms with Gasteiger partial charge in [0.15, 0.2) is 0 Å². The van der Waals surface area contributed by atoms with Gasteiger partial charge in [0.25, 0.3) is 0 Å². The van der Waals surface area contributed by atoms with Crippen LogP contribution in [0.5, 0.6) is 0 Å². The summed E-state index contributed by atoms with van der Waals surface area (Å²) in [5.41, 5.74) is 5.51. The number of nitrogens with two attached hydrogens (primary N) is 1. The normalized spacial score (nSPS) is 23.5. The van der Waals surface area contributed by atoms with Crippen molar-refractivity contribution in [1.29, 1.82) is 0 Å². The van der Waals surface area contributed by atoms with Crippen LogP contribution in [0.2, 0.25) is 0 Å². The topological polar surface area (TPSA) is 55.6 Å². The fraction of sp³-hybridized carbons (Fsp3) is 0.900. The van der Waals surface area contributed by atoms with Gasteiger partial charge in [0, 0.05) is 20.2 Å². The first-order valence-electron chi connectivity index (χ1n) is 5.18. The van der Waals surface area contributed by atoms with E-state index in [1.165, 1.54) is 0 Å². The van der Waals surface area contributed by atoms with Crippen molar-refractivity contribution in [2.45, 2.75) is 13.3 Å². The van der Waals surface area contributed by atoms with Crippen LogP contribution < -0.4 is 5.73 Å². The summed E-state index contributed by atoms with van der Waals surface area (Å²) in [4.78, 5) is 13.6. The molecular formula is C10H20N2O2. The lowest BCUT2D eigenvalue weighted by atomic mass is 10.1. The van der Waals surface area contributed by atoms with Crippen LogP contribution in [0.15, 0.2) is 0 Å². The molecule has 4 nitrogen and oxygen atoms in total. The second kappa shape index (κ2) is 5.32. The van der Waals surface area contributed by atoms with E-state index in [4.69, 9.17) is 10.5 Å². The fourth-order valence-electron chi connectivity index (χ4n) is 1.67. The monoisotopic (exact) mass is 200 g/mol. The first kappa shape index (κ1) is 11.5. The van der Waals surface area contributed by atoms with E-state index < -0.39 is 0 Å². The van der Waals surface area contributed by atoms with Crippen LogP contribution in [0.3, 0.4) is 0 Å². The molecule has 0 spiro atoms. The molecule has 0 bridgehead atoms. The predicted molar refractivity (Wildman–Crippen MR) is 54.8 cm³/mol. The van der Waals surface area contributed by atoms with Crippen molar-refractivity contribution in [2.75, 3.05) is 33.4 Å². The third kappa shape index (κ3) is 2.96. The van der Waals surface area contributed by atoms with E-state index in [1.54, 1.807) is 4.90 Å². The quantitative estimate of drug-likeness (QED) is 0.699. The molecule has 2 unspecified atom stereocenters. The summed E-state index contributed by atoms with van der Waals surface area (Å²) in [6.45, 7) is 4.72. The van der Waals surface area contributed by atoms with E-state index >= 15 is 0 Å². The van der Waals surface area contributed by atoms with Crippen LogP contribution in [0.25, 0.3) is 0 Å².